The van der Waals surface area contributed by atoms with Crippen LogP contribution in [0.1, 0.15) is 39.2 Å². The fourth-order valence-corrected chi connectivity index (χ4v) is 2.07. The van der Waals surface area contributed by atoms with Crippen LogP contribution in [0.4, 0.5) is 8.78 Å². The Morgan fingerprint density at radius 1 is 1.32 bits per heavy atom. The summed E-state index contributed by atoms with van der Waals surface area (Å²) >= 11 is 0. The van der Waals surface area contributed by atoms with E-state index >= 15 is 0 Å². The van der Waals surface area contributed by atoms with Crippen molar-refractivity contribution in [2.75, 3.05) is 0 Å². The minimum absolute atomic E-state index is 0.0394. The molecule has 122 valence electrons. The molecule has 2 N–H and O–H groups in total. The van der Waals surface area contributed by atoms with Crippen LogP contribution < -0.4 is 5.32 Å². The predicted molar refractivity (Wildman–Crippen MR) is 78.3 cm³/mol. The number of carbonyl (C=O) groups excluding carboxylic acids is 1. The number of aryl methyl sites for hydroxylation is 1. The van der Waals surface area contributed by atoms with Crippen LogP contribution in [-0.4, -0.2) is 22.5 Å². The molecule has 0 bridgehead atoms. The molecule has 1 aromatic carbocycles. The van der Waals surface area contributed by atoms with Gasteiger partial charge in [-0.25, -0.2) is 8.78 Å². The van der Waals surface area contributed by atoms with E-state index in [9.17, 15) is 18.4 Å². The van der Waals surface area contributed by atoms with Crippen molar-refractivity contribution in [1.29, 1.82) is 0 Å². The average Bonchev–Trinajstić information content (AvgIpc) is 2.38. The first-order chi connectivity index (χ1) is 10.1. The molecule has 0 saturated heterocycles. The zero-order valence-electron chi connectivity index (χ0n) is 13.0. The fourth-order valence-electron chi connectivity index (χ4n) is 2.07. The van der Waals surface area contributed by atoms with Gasteiger partial charge >= 0.3 is 5.97 Å². The van der Waals surface area contributed by atoms with Crippen LogP contribution in [0.2, 0.25) is 0 Å². The molecule has 1 rings (SSSR count). The van der Waals surface area contributed by atoms with E-state index in [1.807, 2.05) is 13.8 Å². The van der Waals surface area contributed by atoms with Crippen LogP contribution in [0, 0.1) is 17.6 Å². The van der Waals surface area contributed by atoms with Crippen LogP contribution in [0.3, 0.4) is 0 Å². The van der Waals surface area contributed by atoms with Gasteiger partial charge in [0, 0.05) is 12.0 Å². The van der Waals surface area contributed by atoms with Gasteiger partial charge < -0.3 is 10.4 Å². The van der Waals surface area contributed by atoms with E-state index in [0.29, 0.717) is 0 Å². The van der Waals surface area contributed by atoms with Crippen molar-refractivity contribution in [2.45, 2.75) is 45.6 Å². The van der Waals surface area contributed by atoms with E-state index < -0.39 is 23.1 Å². The Morgan fingerprint density at radius 2 is 1.95 bits per heavy atom. The smallest absolute Gasteiger partial charge is 0.305 e. The molecule has 0 aliphatic carbocycles. The Balaban J connectivity index is 2.68. The van der Waals surface area contributed by atoms with Crippen LogP contribution in [0.5, 0.6) is 0 Å². The molecule has 0 radical (unpaired) electrons. The summed E-state index contributed by atoms with van der Waals surface area (Å²) in [6, 6.07) is 3.09. The van der Waals surface area contributed by atoms with Crippen LogP contribution in [0.25, 0.3) is 0 Å². The van der Waals surface area contributed by atoms with Crippen LogP contribution in [-0.2, 0) is 16.0 Å². The van der Waals surface area contributed by atoms with Gasteiger partial charge in [-0.3, -0.25) is 9.59 Å². The zero-order valence-corrected chi connectivity index (χ0v) is 13.0. The molecule has 0 aliphatic heterocycles. The van der Waals surface area contributed by atoms with Gasteiger partial charge in [-0.2, -0.15) is 0 Å². The SMILES string of the molecule is CC(C)C(C)(CC(=O)O)NC(=O)CCc1cc(F)ccc1F. The van der Waals surface area contributed by atoms with Gasteiger partial charge in [0.15, 0.2) is 0 Å². The highest BCUT2D eigenvalue weighted by molar-refractivity contribution is 5.78. The molecule has 4 nitrogen and oxygen atoms in total. The first-order valence-electron chi connectivity index (χ1n) is 7.11. The molecule has 0 fully saturated rings. The van der Waals surface area contributed by atoms with E-state index in [1.165, 1.54) is 0 Å². The summed E-state index contributed by atoms with van der Waals surface area (Å²) in [5, 5.41) is 11.6. The molecule has 1 aromatic rings. The first kappa shape index (κ1) is 18.1. The van der Waals surface area contributed by atoms with Gasteiger partial charge in [0.2, 0.25) is 5.91 Å². The topological polar surface area (TPSA) is 66.4 Å². The largest absolute Gasteiger partial charge is 0.481 e. The number of benzene rings is 1. The summed E-state index contributed by atoms with van der Waals surface area (Å²) in [5.41, 5.74) is -0.761. The summed E-state index contributed by atoms with van der Waals surface area (Å²) < 4.78 is 26.5. The van der Waals surface area contributed by atoms with Crippen molar-refractivity contribution in [2.24, 2.45) is 5.92 Å². The number of halogens is 2. The maximum absolute atomic E-state index is 13.5. The van der Waals surface area contributed by atoms with E-state index in [2.05, 4.69) is 5.32 Å². The molecule has 0 heterocycles. The van der Waals surface area contributed by atoms with Crippen LogP contribution >= 0.6 is 0 Å². The predicted octanol–water partition coefficient (Wildman–Crippen LogP) is 2.90. The van der Waals surface area contributed by atoms with Gasteiger partial charge in [0.1, 0.15) is 11.6 Å². The van der Waals surface area contributed by atoms with Crippen molar-refractivity contribution >= 4 is 11.9 Å². The molecule has 22 heavy (non-hydrogen) atoms. The number of amides is 1. The third-order valence-electron chi connectivity index (χ3n) is 3.85. The highest BCUT2D eigenvalue weighted by atomic mass is 19.1. The minimum Gasteiger partial charge on any atom is -0.481 e. The average molecular weight is 313 g/mol. The maximum atomic E-state index is 13.5. The maximum Gasteiger partial charge on any atom is 0.305 e. The lowest BCUT2D eigenvalue weighted by Crippen LogP contribution is -2.51. The van der Waals surface area contributed by atoms with Gasteiger partial charge in [0.05, 0.1) is 6.42 Å². The van der Waals surface area contributed by atoms with Crippen molar-refractivity contribution in [3.8, 4) is 0 Å². The molecule has 6 heteroatoms. The number of carboxylic acid groups (broad SMARTS) is 1. The third kappa shape index (κ3) is 5.09. The van der Waals surface area contributed by atoms with Gasteiger partial charge in [-0.1, -0.05) is 13.8 Å². The molecule has 1 atom stereocenters. The van der Waals surface area contributed by atoms with Gasteiger partial charge in [0.25, 0.3) is 0 Å². The molecule has 1 unspecified atom stereocenters. The minimum atomic E-state index is -1.01. The van der Waals surface area contributed by atoms with Crippen molar-refractivity contribution in [1.82, 2.24) is 5.32 Å². The van der Waals surface area contributed by atoms with E-state index in [0.717, 1.165) is 18.2 Å². The van der Waals surface area contributed by atoms with Crippen molar-refractivity contribution in [3.05, 3.63) is 35.4 Å². The zero-order chi connectivity index (χ0) is 16.9. The van der Waals surface area contributed by atoms with E-state index in [1.54, 1.807) is 6.92 Å². The highest BCUT2D eigenvalue weighted by Crippen LogP contribution is 2.21. The van der Waals surface area contributed by atoms with Gasteiger partial charge in [-0.05, 0) is 43.0 Å². The van der Waals surface area contributed by atoms with E-state index in [4.69, 9.17) is 5.11 Å². The second-order valence-electron chi connectivity index (χ2n) is 5.93. The Labute approximate surface area is 128 Å². The summed E-state index contributed by atoms with van der Waals surface area (Å²) in [4.78, 5) is 22.9. The lowest BCUT2D eigenvalue weighted by atomic mass is 9.85. The fraction of sp³-hybridized carbons (Fsp3) is 0.500. The van der Waals surface area contributed by atoms with Crippen molar-refractivity contribution < 1.29 is 23.5 Å². The third-order valence-corrected chi connectivity index (χ3v) is 3.85. The summed E-state index contributed by atoms with van der Waals surface area (Å²) in [6.07, 6.45) is -0.191. The Bertz CT molecular complexity index is 560. The van der Waals surface area contributed by atoms with Crippen LogP contribution in [0.15, 0.2) is 18.2 Å². The normalized spacial score (nSPS) is 13.7. The molecular weight excluding hydrogens is 292 g/mol. The summed E-state index contributed by atoms with van der Waals surface area (Å²) in [6.45, 7) is 5.29. The molecule has 0 saturated carbocycles. The number of rotatable bonds is 7. The molecule has 0 spiro atoms. The number of carbonyl (C=O) groups is 2. The number of hydrogen-bond donors (Lipinski definition) is 2. The quantitative estimate of drug-likeness (QED) is 0.813. The first-order valence-corrected chi connectivity index (χ1v) is 7.11. The molecular formula is C16H21F2NO3. The second-order valence-corrected chi connectivity index (χ2v) is 5.93. The lowest BCUT2D eigenvalue weighted by Gasteiger charge is -2.33. The van der Waals surface area contributed by atoms with Crippen molar-refractivity contribution in [3.63, 3.8) is 0 Å². The molecule has 1 amide bonds. The Kier molecular flexibility index (Phi) is 6.02. The number of hydrogen-bond acceptors (Lipinski definition) is 2. The Morgan fingerprint density at radius 3 is 2.50 bits per heavy atom. The number of carboxylic acids is 1. The lowest BCUT2D eigenvalue weighted by molar-refractivity contribution is -0.139. The standard InChI is InChI=1S/C16H21F2NO3/c1-10(2)16(3,9-15(21)22)19-14(20)7-4-11-8-12(17)5-6-13(11)18/h5-6,8,10H,4,7,9H2,1-3H3,(H,19,20)(H,21,22). The highest BCUT2D eigenvalue weighted by Gasteiger charge is 2.32. The number of aliphatic carboxylic acids is 1. The van der Waals surface area contributed by atoms with E-state index in [-0.39, 0.29) is 36.7 Å². The Hall–Kier alpha value is -1.98. The number of nitrogens with one attached hydrogen (secondary N) is 1. The summed E-state index contributed by atoms with van der Waals surface area (Å²) in [7, 11) is 0. The second kappa shape index (κ2) is 7.33. The molecule has 0 aliphatic rings. The monoisotopic (exact) mass is 313 g/mol. The summed E-state index contributed by atoms with van der Waals surface area (Å²) in [5.74, 6) is -2.60. The van der Waals surface area contributed by atoms with Gasteiger partial charge in [-0.15, -0.1) is 0 Å². The molecule has 0 aromatic heterocycles.